The Hall–Kier alpha value is -1.52. The van der Waals surface area contributed by atoms with E-state index >= 15 is 0 Å². The summed E-state index contributed by atoms with van der Waals surface area (Å²) in [7, 11) is 0. The van der Waals surface area contributed by atoms with Crippen molar-refractivity contribution in [2.24, 2.45) is 0 Å². The molecule has 1 fully saturated rings. The molecule has 1 aromatic heterocycles. The zero-order valence-corrected chi connectivity index (χ0v) is 8.86. The number of nitrogens with one attached hydrogen (secondary N) is 1. The van der Waals surface area contributed by atoms with Gasteiger partial charge in [0.15, 0.2) is 5.82 Å². The van der Waals surface area contributed by atoms with Gasteiger partial charge in [0.25, 0.3) is 0 Å². The number of ether oxygens (including phenoxy) is 1. The van der Waals surface area contributed by atoms with Crippen LogP contribution in [0.25, 0.3) is 0 Å². The number of nitrogens with zero attached hydrogens (tertiary/aromatic N) is 2. The molecule has 0 spiro atoms. The van der Waals surface area contributed by atoms with Gasteiger partial charge in [0.2, 0.25) is 5.88 Å². The molecule has 3 N–H and O–H groups in total. The van der Waals surface area contributed by atoms with Gasteiger partial charge in [-0.3, -0.25) is 0 Å². The highest BCUT2D eigenvalue weighted by atomic mass is 16.5. The lowest BCUT2D eigenvalue weighted by atomic mass is 10.4. The van der Waals surface area contributed by atoms with Crippen molar-refractivity contribution in [2.45, 2.75) is 32.2 Å². The lowest BCUT2D eigenvalue weighted by molar-refractivity contribution is 0.306. The summed E-state index contributed by atoms with van der Waals surface area (Å²) in [5.41, 5.74) is 6.40. The Bertz CT molecular complexity index is 338. The minimum absolute atomic E-state index is 0.481. The van der Waals surface area contributed by atoms with Gasteiger partial charge in [-0.1, -0.05) is 6.92 Å². The molecule has 0 aromatic carbocycles. The third-order valence-corrected chi connectivity index (χ3v) is 2.21. The number of anilines is 2. The van der Waals surface area contributed by atoms with Crippen LogP contribution < -0.4 is 15.8 Å². The summed E-state index contributed by atoms with van der Waals surface area (Å²) in [4.78, 5) is 8.11. The van der Waals surface area contributed by atoms with Crippen molar-refractivity contribution in [3.8, 4) is 5.88 Å². The largest absolute Gasteiger partial charge is 0.476 e. The van der Waals surface area contributed by atoms with Gasteiger partial charge < -0.3 is 15.8 Å². The van der Waals surface area contributed by atoms with Crippen LogP contribution in [-0.2, 0) is 0 Å². The van der Waals surface area contributed by atoms with Crippen molar-refractivity contribution in [3.05, 3.63) is 6.33 Å². The van der Waals surface area contributed by atoms with Crippen LogP contribution in [0.4, 0.5) is 11.5 Å². The first-order valence-electron chi connectivity index (χ1n) is 5.31. The van der Waals surface area contributed by atoms with Crippen molar-refractivity contribution in [1.29, 1.82) is 0 Å². The fourth-order valence-electron chi connectivity index (χ4n) is 1.23. The van der Waals surface area contributed by atoms with Gasteiger partial charge >= 0.3 is 0 Å². The third-order valence-electron chi connectivity index (χ3n) is 2.21. The predicted molar refractivity (Wildman–Crippen MR) is 58.9 cm³/mol. The molecule has 0 saturated heterocycles. The Kier molecular flexibility index (Phi) is 2.89. The highest BCUT2D eigenvalue weighted by Gasteiger charge is 2.23. The summed E-state index contributed by atoms with van der Waals surface area (Å²) < 4.78 is 5.41. The van der Waals surface area contributed by atoms with Crippen LogP contribution in [0.3, 0.4) is 0 Å². The molecule has 5 heteroatoms. The summed E-state index contributed by atoms with van der Waals surface area (Å²) in [6, 6.07) is 0.529. The molecule has 1 saturated carbocycles. The molecule has 5 nitrogen and oxygen atoms in total. The van der Waals surface area contributed by atoms with Crippen LogP contribution in [0.2, 0.25) is 0 Å². The number of aromatic nitrogens is 2. The SMILES string of the molecule is CCCOc1ncnc(NC2CC2)c1N. The van der Waals surface area contributed by atoms with E-state index in [0.29, 0.717) is 30.0 Å². The van der Waals surface area contributed by atoms with Gasteiger partial charge in [-0.25, -0.2) is 4.98 Å². The van der Waals surface area contributed by atoms with Crippen LogP contribution in [0, 0.1) is 0 Å². The Balaban J connectivity index is 2.08. The van der Waals surface area contributed by atoms with Crippen molar-refractivity contribution in [1.82, 2.24) is 9.97 Å². The van der Waals surface area contributed by atoms with Gasteiger partial charge in [0, 0.05) is 6.04 Å². The minimum atomic E-state index is 0.481. The van der Waals surface area contributed by atoms with Gasteiger partial charge in [-0.05, 0) is 19.3 Å². The average Bonchev–Trinajstić information content (AvgIpc) is 3.03. The fourth-order valence-corrected chi connectivity index (χ4v) is 1.23. The number of rotatable bonds is 5. The Morgan fingerprint density at radius 1 is 1.53 bits per heavy atom. The second kappa shape index (κ2) is 4.33. The first-order chi connectivity index (χ1) is 7.31. The first kappa shape index (κ1) is 10.0. The highest BCUT2D eigenvalue weighted by molar-refractivity contribution is 5.66. The Labute approximate surface area is 89.1 Å². The normalized spacial score (nSPS) is 15.0. The summed E-state index contributed by atoms with van der Waals surface area (Å²) in [6.45, 7) is 2.67. The van der Waals surface area contributed by atoms with E-state index in [1.807, 2.05) is 6.92 Å². The van der Waals surface area contributed by atoms with Crippen LogP contribution in [0.5, 0.6) is 5.88 Å². The van der Waals surface area contributed by atoms with E-state index in [0.717, 1.165) is 6.42 Å². The second-order valence-electron chi connectivity index (χ2n) is 3.71. The van der Waals surface area contributed by atoms with E-state index in [9.17, 15) is 0 Å². The van der Waals surface area contributed by atoms with Crippen LogP contribution in [0.1, 0.15) is 26.2 Å². The summed E-state index contributed by atoms with van der Waals surface area (Å²) in [5, 5.41) is 3.24. The van der Waals surface area contributed by atoms with Gasteiger partial charge in [0.05, 0.1) is 6.61 Å². The molecule has 0 atom stereocenters. The summed E-state index contributed by atoms with van der Waals surface area (Å²) in [5.74, 6) is 1.17. The predicted octanol–water partition coefficient (Wildman–Crippen LogP) is 1.42. The van der Waals surface area contributed by atoms with Crippen molar-refractivity contribution in [2.75, 3.05) is 17.7 Å². The number of nitrogens with two attached hydrogens (primary N) is 1. The van der Waals surface area contributed by atoms with Crippen molar-refractivity contribution >= 4 is 11.5 Å². The lowest BCUT2D eigenvalue weighted by Gasteiger charge is -2.10. The molecule has 2 rings (SSSR count). The Morgan fingerprint density at radius 2 is 2.33 bits per heavy atom. The zero-order chi connectivity index (χ0) is 10.7. The molecule has 1 aliphatic rings. The van der Waals surface area contributed by atoms with Crippen LogP contribution >= 0.6 is 0 Å². The standard InChI is InChI=1S/C10H16N4O/c1-2-5-15-10-8(11)9(12-6-13-10)14-7-3-4-7/h6-7H,2-5,11H2,1H3,(H,12,13,14). The smallest absolute Gasteiger partial charge is 0.242 e. The third kappa shape index (κ3) is 2.49. The number of hydrogen-bond acceptors (Lipinski definition) is 5. The van der Waals surface area contributed by atoms with E-state index < -0.39 is 0 Å². The van der Waals surface area contributed by atoms with E-state index in [1.165, 1.54) is 19.2 Å². The Morgan fingerprint density at radius 3 is 3.00 bits per heavy atom. The number of hydrogen-bond donors (Lipinski definition) is 2. The monoisotopic (exact) mass is 208 g/mol. The van der Waals surface area contributed by atoms with Crippen LogP contribution in [0.15, 0.2) is 6.33 Å². The zero-order valence-electron chi connectivity index (χ0n) is 8.86. The average molecular weight is 208 g/mol. The van der Waals surface area contributed by atoms with Crippen molar-refractivity contribution < 1.29 is 4.74 Å². The van der Waals surface area contributed by atoms with Gasteiger partial charge in [0.1, 0.15) is 12.0 Å². The van der Waals surface area contributed by atoms with E-state index in [1.54, 1.807) is 0 Å². The molecule has 1 aliphatic carbocycles. The molecule has 0 radical (unpaired) electrons. The van der Waals surface area contributed by atoms with E-state index in [4.69, 9.17) is 10.5 Å². The quantitative estimate of drug-likeness (QED) is 0.765. The fraction of sp³-hybridized carbons (Fsp3) is 0.600. The maximum atomic E-state index is 5.89. The molecule has 0 bridgehead atoms. The van der Waals surface area contributed by atoms with Gasteiger partial charge in [-0.2, -0.15) is 4.98 Å². The topological polar surface area (TPSA) is 73.1 Å². The van der Waals surface area contributed by atoms with Crippen LogP contribution in [-0.4, -0.2) is 22.6 Å². The molecule has 0 aliphatic heterocycles. The van der Waals surface area contributed by atoms with E-state index in [-0.39, 0.29) is 0 Å². The maximum Gasteiger partial charge on any atom is 0.242 e. The molecule has 15 heavy (non-hydrogen) atoms. The summed E-state index contributed by atoms with van der Waals surface area (Å²) >= 11 is 0. The van der Waals surface area contributed by atoms with Crippen molar-refractivity contribution in [3.63, 3.8) is 0 Å². The minimum Gasteiger partial charge on any atom is -0.476 e. The first-order valence-corrected chi connectivity index (χ1v) is 5.31. The highest BCUT2D eigenvalue weighted by Crippen LogP contribution is 2.30. The van der Waals surface area contributed by atoms with Gasteiger partial charge in [-0.15, -0.1) is 0 Å². The lowest BCUT2D eigenvalue weighted by Crippen LogP contribution is -2.09. The molecule has 82 valence electrons. The van der Waals surface area contributed by atoms with E-state index in [2.05, 4.69) is 15.3 Å². The molecular weight excluding hydrogens is 192 g/mol. The molecule has 0 amide bonds. The molecule has 0 unspecified atom stereocenters. The number of nitrogen functional groups attached to an aromatic ring is 1. The second-order valence-corrected chi connectivity index (χ2v) is 3.71. The summed E-state index contributed by atoms with van der Waals surface area (Å²) in [6.07, 6.45) is 4.80. The maximum absolute atomic E-state index is 5.89. The molecular formula is C10H16N4O. The molecule has 1 heterocycles. The molecule has 1 aromatic rings.